The molecule has 1 aliphatic carbocycles. The summed E-state index contributed by atoms with van der Waals surface area (Å²) in [5, 5.41) is 5.33. The van der Waals surface area contributed by atoms with Gasteiger partial charge in [-0.05, 0) is 68.3 Å². The van der Waals surface area contributed by atoms with Crippen LogP contribution in [0.5, 0.6) is 0 Å². The number of aromatic nitrogens is 4. The Morgan fingerprint density at radius 1 is 1.05 bits per heavy atom. The van der Waals surface area contributed by atoms with E-state index in [4.69, 9.17) is 4.74 Å². The minimum atomic E-state index is -0.390. The Hall–Kier alpha value is -3.50. The molecule has 0 N–H and O–H groups in total. The largest absolute Gasteiger partial charge is 0.379 e. The van der Waals surface area contributed by atoms with Gasteiger partial charge in [0.1, 0.15) is 18.1 Å². The second-order valence-corrected chi connectivity index (χ2v) is 12.2. The number of likely N-dealkylation sites (tertiary alicyclic amines) is 1. The monoisotopic (exact) mass is 558 g/mol. The zero-order valence-corrected chi connectivity index (χ0v) is 24.4. The highest BCUT2D eigenvalue weighted by Crippen LogP contribution is 2.59. The van der Waals surface area contributed by atoms with E-state index in [2.05, 4.69) is 26.9 Å². The topological polar surface area (TPSA) is 111 Å². The van der Waals surface area contributed by atoms with Crippen molar-refractivity contribution in [1.82, 2.24) is 29.5 Å². The van der Waals surface area contributed by atoms with Crippen LogP contribution in [0.4, 0.5) is 0 Å². The van der Waals surface area contributed by atoms with Crippen LogP contribution in [0.1, 0.15) is 61.4 Å². The zero-order valence-electron chi connectivity index (χ0n) is 24.4. The van der Waals surface area contributed by atoms with Crippen molar-refractivity contribution in [3.05, 3.63) is 41.6 Å². The summed E-state index contributed by atoms with van der Waals surface area (Å²) in [4.78, 5) is 52.7. The number of morpholine rings is 1. The van der Waals surface area contributed by atoms with Gasteiger partial charge in [-0.3, -0.25) is 24.0 Å². The zero-order chi connectivity index (χ0) is 28.9. The number of carbonyl (C=O) groups is 3. The number of aryl methyl sites for hydroxylation is 2. The van der Waals surface area contributed by atoms with E-state index in [0.29, 0.717) is 23.3 Å². The summed E-state index contributed by atoms with van der Waals surface area (Å²) >= 11 is 0. The molecule has 1 aromatic carbocycles. The Balaban J connectivity index is 1.23. The van der Waals surface area contributed by atoms with E-state index in [1.165, 1.54) is 6.92 Å². The van der Waals surface area contributed by atoms with Crippen LogP contribution in [-0.4, -0.2) is 92.0 Å². The lowest BCUT2D eigenvalue weighted by Gasteiger charge is -2.28. The fourth-order valence-corrected chi connectivity index (χ4v) is 6.70. The fourth-order valence-electron chi connectivity index (χ4n) is 6.70. The number of benzene rings is 1. The average Bonchev–Trinajstić information content (AvgIpc) is 3.30. The van der Waals surface area contributed by atoms with Gasteiger partial charge in [0, 0.05) is 55.8 Å². The van der Waals surface area contributed by atoms with Crippen LogP contribution in [0.25, 0.3) is 22.0 Å². The number of nitrogens with zero attached hydrogens (tertiary/aromatic N) is 6. The molecule has 10 nitrogen and oxygen atoms in total. The standard InChI is InChI=1S/C31H38N6O4/c1-19-12-22(23-16-32-21(3)33-17-23)13-24-29(20(2)38)34-36(30(19)24)18-28(40)37-25(14-31(4)15-27(31)37)26(39)6-5-7-35-8-10-41-11-9-35/h12-13,16-17,25,27H,5-11,14-15,18H2,1-4H3/t25-,27+,31-/m0/s1. The Kier molecular flexibility index (Phi) is 7.23. The minimum Gasteiger partial charge on any atom is -0.379 e. The summed E-state index contributed by atoms with van der Waals surface area (Å²) in [5.41, 5.74) is 3.74. The molecule has 6 rings (SSSR count). The molecule has 3 atom stereocenters. The number of piperidine rings is 1. The smallest absolute Gasteiger partial charge is 0.245 e. The maximum atomic E-state index is 13.9. The van der Waals surface area contributed by atoms with Crippen molar-refractivity contribution in [3.8, 4) is 11.1 Å². The van der Waals surface area contributed by atoms with Gasteiger partial charge in [0.25, 0.3) is 0 Å². The lowest BCUT2D eigenvalue weighted by atomic mass is 9.97. The van der Waals surface area contributed by atoms with Crippen LogP contribution in [0.3, 0.4) is 0 Å². The van der Waals surface area contributed by atoms with Crippen LogP contribution in [0, 0.1) is 19.3 Å². The first kappa shape index (κ1) is 27.7. The molecule has 41 heavy (non-hydrogen) atoms. The Morgan fingerprint density at radius 3 is 2.49 bits per heavy atom. The van der Waals surface area contributed by atoms with Gasteiger partial charge < -0.3 is 9.64 Å². The third-order valence-corrected chi connectivity index (χ3v) is 9.06. The number of hydrogen-bond acceptors (Lipinski definition) is 8. The van der Waals surface area contributed by atoms with Crippen molar-refractivity contribution >= 4 is 28.4 Å². The van der Waals surface area contributed by atoms with Crippen LogP contribution in [-0.2, 0) is 20.9 Å². The molecule has 4 heterocycles. The molecule has 0 spiro atoms. The first-order valence-electron chi connectivity index (χ1n) is 14.6. The van der Waals surface area contributed by atoms with Gasteiger partial charge in [0.2, 0.25) is 5.91 Å². The summed E-state index contributed by atoms with van der Waals surface area (Å²) in [6, 6.07) is 3.64. The molecule has 3 fully saturated rings. The normalized spacial score (nSPS) is 24.0. The molecular formula is C31H38N6O4. The van der Waals surface area contributed by atoms with Crippen molar-refractivity contribution in [3.63, 3.8) is 0 Å². The van der Waals surface area contributed by atoms with Gasteiger partial charge in [-0.2, -0.15) is 5.10 Å². The lowest BCUT2D eigenvalue weighted by Crippen LogP contribution is -2.45. The maximum Gasteiger partial charge on any atom is 0.245 e. The lowest BCUT2D eigenvalue weighted by molar-refractivity contribution is -0.139. The Labute approximate surface area is 240 Å². The molecular weight excluding hydrogens is 520 g/mol. The van der Waals surface area contributed by atoms with Gasteiger partial charge in [-0.1, -0.05) is 6.92 Å². The highest BCUT2D eigenvalue weighted by molar-refractivity contribution is 6.07. The molecule has 1 saturated carbocycles. The third kappa shape index (κ3) is 5.30. The van der Waals surface area contributed by atoms with Crippen LogP contribution in [0.2, 0.25) is 0 Å². The first-order chi connectivity index (χ1) is 19.6. The number of rotatable bonds is 9. The highest BCUT2D eigenvalue weighted by atomic mass is 16.5. The molecule has 216 valence electrons. The van der Waals surface area contributed by atoms with Crippen molar-refractivity contribution in [1.29, 1.82) is 0 Å². The van der Waals surface area contributed by atoms with E-state index < -0.39 is 0 Å². The van der Waals surface area contributed by atoms with Gasteiger partial charge in [-0.25, -0.2) is 9.97 Å². The number of fused-ring (bicyclic) bond motifs is 2. The highest BCUT2D eigenvalue weighted by Gasteiger charge is 2.64. The van der Waals surface area contributed by atoms with Gasteiger partial charge in [0.05, 0.1) is 24.8 Å². The maximum absolute atomic E-state index is 13.9. The van der Waals surface area contributed by atoms with Crippen molar-refractivity contribution in [2.75, 3.05) is 32.8 Å². The third-order valence-electron chi connectivity index (χ3n) is 9.06. The first-order valence-corrected chi connectivity index (χ1v) is 14.6. The Bertz CT molecular complexity index is 1510. The molecule has 0 bridgehead atoms. The molecule has 0 radical (unpaired) electrons. The van der Waals surface area contributed by atoms with Gasteiger partial charge >= 0.3 is 0 Å². The number of Topliss-reactive ketones (excluding diaryl/α,β-unsaturated/α-hetero) is 2. The van der Waals surface area contributed by atoms with Gasteiger partial charge in [0.15, 0.2) is 11.6 Å². The molecule has 3 aliphatic rings. The Morgan fingerprint density at radius 2 is 1.78 bits per heavy atom. The minimum absolute atomic E-state index is 0.0118. The number of ether oxygens (including phenoxy) is 1. The van der Waals surface area contributed by atoms with Crippen molar-refractivity contribution in [2.45, 2.75) is 72.0 Å². The molecule has 2 aliphatic heterocycles. The van der Waals surface area contributed by atoms with E-state index in [-0.39, 0.29) is 41.5 Å². The quantitative estimate of drug-likeness (QED) is 0.368. The van der Waals surface area contributed by atoms with Crippen molar-refractivity contribution in [2.24, 2.45) is 5.41 Å². The van der Waals surface area contributed by atoms with E-state index in [9.17, 15) is 14.4 Å². The van der Waals surface area contributed by atoms with Crippen LogP contribution >= 0.6 is 0 Å². The second kappa shape index (κ2) is 10.7. The predicted octanol–water partition coefficient (Wildman–Crippen LogP) is 3.37. The fraction of sp³-hybridized carbons (Fsp3) is 0.548. The molecule has 2 saturated heterocycles. The average molecular weight is 559 g/mol. The number of hydrogen-bond donors (Lipinski definition) is 0. The second-order valence-electron chi connectivity index (χ2n) is 12.2. The van der Waals surface area contributed by atoms with E-state index >= 15 is 0 Å². The molecule has 0 unspecified atom stereocenters. The predicted molar refractivity (Wildman–Crippen MR) is 154 cm³/mol. The molecule has 10 heteroatoms. The van der Waals surface area contributed by atoms with Crippen molar-refractivity contribution < 1.29 is 19.1 Å². The summed E-state index contributed by atoms with van der Waals surface area (Å²) in [5.74, 6) is 0.556. The summed E-state index contributed by atoms with van der Waals surface area (Å²) in [6.07, 6.45) is 6.44. The number of amides is 1. The summed E-state index contributed by atoms with van der Waals surface area (Å²) in [6.45, 7) is 11.6. The van der Waals surface area contributed by atoms with Crippen LogP contribution in [0.15, 0.2) is 24.5 Å². The molecule has 1 amide bonds. The van der Waals surface area contributed by atoms with E-state index in [0.717, 1.165) is 74.3 Å². The van der Waals surface area contributed by atoms with E-state index in [1.807, 2.05) is 30.9 Å². The summed E-state index contributed by atoms with van der Waals surface area (Å²) < 4.78 is 7.07. The molecule has 2 aromatic heterocycles. The summed E-state index contributed by atoms with van der Waals surface area (Å²) in [7, 11) is 0. The van der Waals surface area contributed by atoms with E-state index in [1.54, 1.807) is 17.1 Å². The number of ketones is 2. The van der Waals surface area contributed by atoms with Gasteiger partial charge in [-0.15, -0.1) is 0 Å². The molecule has 3 aromatic rings. The van der Waals surface area contributed by atoms with Crippen LogP contribution < -0.4 is 0 Å². The number of carbonyl (C=O) groups excluding carboxylic acids is 3. The SMILES string of the molecule is CC(=O)c1nn(CC(=O)N2[C@H](C(=O)CCCN3CCOCC3)C[C@@]3(C)C[C@@H]23)c2c(C)cc(-c3cnc(C)nc3)cc12.